The quantitative estimate of drug-likeness (QED) is 0.861. The Hall–Kier alpha value is -1.15. The maximum atomic E-state index is 11.5. The number of alkyl halides is 3. The van der Waals surface area contributed by atoms with Gasteiger partial charge in [-0.15, -0.1) is 0 Å². The molecule has 1 aromatic rings. The lowest BCUT2D eigenvalue weighted by atomic mass is 10.2. The molecular formula is C12H11Cl3N2O2. The molecule has 0 aromatic heterocycles. The molecule has 19 heavy (non-hydrogen) atoms. The Morgan fingerprint density at radius 2 is 2.16 bits per heavy atom. The summed E-state index contributed by atoms with van der Waals surface area (Å²) in [7, 11) is 0. The van der Waals surface area contributed by atoms with Gasteiger partial charge in [0, 0.05) is 0 Å². The maximum Gasteiger partial charge on any atom is 0.276 e. The summed E-state index contributed by atoms with van der Waals surface area (Å²) in [6.45, 7) is 2.52. The van der Waals surface area contributed by atoms with Gasteiger partial charge >= 0.3 is 0 Å². The molecule has 0 aliphatic carbocycles. The van der Waals surface area contributed by atoms with E-state index in [1.165, 1.54) is 12.1 Å². The number of halogens is 3. The molecule has 0 spiro atoms. The van der Waals surface area contributed by atoms with Gasteiger partial charge in [-0.3, -0.25) is 4.79 Å². The molecule has 0 saturated heterocycles. The minimum absolute atomic E-state index is 0.233. The number of carbonyl (C=O) groups is 1. The zero-order chi connectivity index (χ0) is 14.5. The lowest BCUT2D eigenvalue weighted by Crippen LogP contribution is -2.27. The summed E-state index contributed by atoms with van der Waals surface area (Å²) < 4.78 is 3.30. The van der Waals surface area contributed by atoms with E-state index in [-0.39, 0.29) is 11.3 Å². The van der Waals surface area contributed by atoms with Crippen LogP contribution in [0.1, 0.15) is 18.9 Å². The van der Waals surface area contributed by atoms with Gasteiger partial charge in [0.25, 0.3) is 9.70 Å². The Kier molecular flexibility index (Phi) is 5.74. The molecule has 0 bridgehead atoms. The fraction of sp³-hybridized carbons (Fsp3) is 0.333. The van der Waals surface area contributed by atoms with Crippen LogP contribution in [0.2, 0.25) is 0 Å². The van der Waals surface area contributed by atoms with Crippen molar-refractivity contribution in [2.75, 3.05) is 11.9 Å². The molecule has 0 saturated carbocycles. The molecule has 7 heteroatoms. The number of amides is 1. The van der Waals surface area contributed by atoms with Crippen LogP contribution in [0, 0.1) is 11.3 Å². The van der Waals surface area contributed by atoms with E-state index in [9.17, 15) is 4.79 Å². The van der Waals surface area contributed by atoms with E-state index in [0.717, 1.165) is 6.42 Å². The number of ether oxygens (including phenoxy) is 1. The number of hydrogen-bond donors (Lipinski definition) is 1. The van der Waals surface area contributed by atoms with Gasteiger partial charge in [-0.1, -0.05) is 41.7 Å². The molecule has 4 nitrogen and oxygen atoms in total. The van der Waals surface area contributed by atoms with Crippen molar-refractivity contribution in [3.8, 4) is 11.8 Å². The molecule has 0 aliphatic heterocycles. The standard InChI is InChI=1S/C12H11Cl3N2O2/c1-2-5-19-9-3-4-10(8(6-9)7-16)17-11(18)12(13,14)15/h3-4,6H,2,5H2,1H3,(H,17,18). The topological polar surface area (TPSA) is 62.1 Å². The highest BCUT2D eigenvalue weighted by molar-refractivity contribution is 6.76. The van der Waals surface area contributed by atoms with Crippen molar-refractivity contribution >= 4 is 46.4 Å². The first-order valence-electron chi connectivity index (χ1n) is 5.43. The summed E-state index contributed by atoms with van der Waals surface area (Å²) in [5.74, 6) is -0.276. The van der Waals surface area contributed by atoms with Gasteiger partial charge in [-0.2, -0.15) is 5.26 Å². The zero-order valence-electron chi connectivity index (χ0n) is 10.0. The Morgan fingerprint density at radius 1 is 1.47 bits per heavy atom. The highest BCUT2D eigenvalue weighted by Gasteiger charge is 2.31. The lowest BCUT2D eigenvalue weighted by Gasteiger charge is -2.13. The SMILES string of the molecule is CCCOc1ccc(NC(=O)C(Cl)(Cl)Cl)c(C#N)c1. The third-order valence-corrected chi connectivity index (χ3v) is 2.60. The summed E-state index contributed by atoms with van der Waals surface area (Å²) in [4.78, 5) is 11.5. The summed E-state index contributed by atoms with van der Waals surface area (Å²) >= 11 is 16.3. The van der Waals surface area contributed by atoms with Crippen LogP contribution in [0.3, 0.4) is 0 Å². The Bertz CT molecular complexity index is 507. The highest BCUT2D eigenvalue weighted by Crippen LogP contribution is 2.29. The van der Waals surface area contributed by atoms with Gasteiger partial charge in [0.05, 0.1) is 17.9 Å². The third-order valence-electron chi connectivity index (χ3n) is 2.09. The van der Waals surface area contributed by atoms with Crippen LogP contribution >= 0.6 is 34.8 Å². The molecular weight excluding hydrogens is 311 g/mol. The molecule has 0 unspecified atom stereocenters. The number of nitrogens with one attached hydrogen (secondary N) is 1. The number of nitrogens with zero attached hydrogens (tertiary/aromatic N) is 1. The van der Waals surface area contributed by atoms with Gasteiger partial charge in [-0.05, 0) is 24.6 Å². The Balaban J connectivity index is 2.91. The number of anilines is 1. The van der Waals surface area contributed by atoms with Crippen LogP contribution in [0.15, 0.2) is 18.2 Å². The first kappa shape index (κ1) is 15.9. The van der Waals surface area contributed by atoms with E-state index >= 15 is 0 Å². The zero-order valence-corrected chi connectivity index (χ0v) is 12.3. The second kappa shape index (κ2) is 6.85. The Morgan fingerprint density at radius 3 is 2.68 bits per heavy atom. The van der Waals surface area contributed by atoms with Crippen molar-refractivity contribution in [2.45, 2.75) is 17.1 Å². The van der Waals surface area contributed by atoms with Crippen LogP contribution in [0.4, 0.5) is 5.69 Å². The fourth-order valence-corrected chi connectivity index (χ4v) is 1.37. The molecule has 0 fully saturated rings. The summed E-state index contributed by atoms with van der Waals surface area (Å²) in [6.07, 6.45) is 0.855. The summed E-state index contributed by atoms with van der Waals surface area (Å²) in [5, 5.41) is 11.4. The van der Waals surface area contributed by atoms with Crippen molar-refractivity contribution in [3.05, 3.63) is 23.8 Å². The molecule has 1 amide bonds. The average Bonchev–Trinajstić information content (AvgIpc) is 2.36. The van der Waals surface area contributed by atoms with Crippen molar-refractivity contribution < 1.29 is 9.53 Å². The number of rotatable bonds is 4. The van der Waals surface area contributed by atoms with E-state index in [2.05, 4.69) is 5.32 Å². The molecule has 102 valence electrons. The van der Waals surface area contributed by atoms with E-state index < -0.39 is 9.70 Å². The van der Waals surface area contributed by atoms with Crippen molar-refractivity contribution in [2.24, 2.45) is 0 Å². The fourth-order valence-electron chi connectivity index (χ4n) is 1.23. The van der Waals surface area contributed by atoms with Crippen molar-refractivity contribution in [1.82, 2.24) is 0 Å². The second-order valence-electron chi connectivity index (χ2n) is 3.62. The molecule has 0 atom stereocenters. The first-order valence-corrected chi connectivity index (χ1v) is 6.57. The average molecular weight is 322 g/mol. The van der Waals surface area contributed by atoms with E-state index in [4.69, 9.17) is 44.8 Å². The monoisotopic (exact) mass is 320 g/mol. The highest BCUT2D eigenvalue weighted by atomic mass is 35.6. The molecule has 0 radical (unpaired) electrons. The lowest BCUT2D eigenvalue weighted by molar-refractivity contribution is -0.115. The molecule has 1 rings (SSSR count). The minimum atomic E-state index is -2.08. The van der Waals surface area contributed by atoms with Crippen molar-refractivity contribution in [1.29, 1.82) is 5.26 Å². The molecule has 0 heterocycles. The van der Waals surface area contributed by atoms with Gasteiger partial charge in [0.2, 0.25) is 0 Å². The number of carbonyl (C=O) groups excluding carboxylic acids is 1. The van der Waals surface area contributed by atoms with Gasteiger partial charge < -0.3 is 10.1 Å². The predicted octanol–water partition coefficient (Wildman–Crippen LogP) is 3.66. The predicted molar refractivity (Wildman–Crippen MR) is 75.9 cm³/mol. The van der Waals surface area contributed by atoms with Crippen LogP contribution < -0.4 is 10.1 Å². The number of nitriles is 1. The Labute approximate surface area is 126 Å². The van der Waals surface area contributed by atoms with E-state index in [1.807, 2.05) is 13.0 Å². The minimum Gasteiger partial charge on any atom is -0.494 e. The molecule has 0 aliphatic rings. The second-order valence-corrected chi connectivity index (χ2v) is 5.90. The summed E-state index contributed by atoms with van der Waals surface area (Å²) in [5.41, 5.74) is 0.499. The first-order chi connectivity index (χ1) is 8.88. The number of benzene rings is 1. The smallest absolute Gasteiger partial charge is 0.276 e. The van der Waals surface area contributed by atoms with E-state index in [0.29, 0.717) is 12.4 Å². The van der Waals surface area contributed by atoms with Gasteiger partial charge in [0.15, 0.2) is 0 Å². The maximum absolute atomic E-state index is 11.5. The van der Waals surface area contributed by atoms with Crippen molar-refractivity contribution in [3.63, 3.8) is 0 Å². The van der Waals surface area contributed by atoms with Gasteiger partial charge in [0.1, 0.15) is 11.8 Å². The van der Waals surface area contributed by atoms with Crippen LogP contribution in [0.5, 0.6) is 5.75 Å². The van der Waals surface area contributed by atoms with Crippen LogP contribution in [-0.2, 0) is 4.79 Å². The summed E-state index contributed by atoms with van der Waals surface area (Å²) in [6, 6.07) is 6.62. The number of hydrogen-bond acceptors (Lipinski definition) is 3. The van der Waals surface area contributed by atoms with E-state index in [1.54, 1.807) is 6.07 Å². The van der Waals surface area contributed by atoms with Crippen LogP contribution in [-0.4, -0.2) is 16.3 Å². The molecule has 1 N–H and O–H groups in total. The van der Waals surface area contributed by atoms with Gasteiger partial charge in [-0.25, -0.2) is 0 Å². The third kappa shape index (κ3) is 4.79. The largest absolute Gasteiger partial charge is 0.494 e. The normalized spacial score (nSPS) is 10.7. The van der Waals surface area contributed by atoms with Crippen LogP contribution in [0.25, 0.3) is 0 Å². The molecule has 1 aromatic carbocycles.